The molecule has 1 rings (SSSR count). The number of thiol groups is 1. The summed E-state index contributed by atoms with van der Waals surface area (Å²) in [6.45, 7) is 1.93. The number of carbonyl (C=O) groups excluding carboxylic acids is 1. The Morgan fingerprint density at radius 2 is 2.00 bits per heavy atom. The van der Waals surface area contributed by atoms with Crippen LogP contribution in [0.15, 0.2) is 29.3 Å². The third kappa shape index (κ3) is 4.92. The molecule has 1 aromatic carbocycles. The number of aliphatic imine (C=N–C) groups is 1. The van der Waals surface area contributed by atoms with E-state index in [-0.39, 0.29) is 5.91 Å². The Hall–Kier alpha value is -1.53. The van der Waals surface area contributed by atoms with Gasteiger partial charge in [0, 0.05) is 25.5 Å². The maximum Gasteiger partial charge on any atom is 0.242 e. The van der Waals surface area contributed by atoms with Gasteiger partial charge in [0.25, 0.3) is 0 Å². The zero-order valence-electron chi connectivity index (χ0n) is 11.4. The molecule has 0 unspecified atom stereocenters. The molecular weight excluding hydrogens is 260 g/mol. The van der Waals surface area contributed by atoms with Crippen LogP contribution in [0.1, 0.15) is 6.92 Å². The molecule has 0 radical (unpaired) electrons. The third-order valence-corrected chi connectivity index (χ3v) is 3.00. The van der Waals surface area contributed by atoms with Crippen molar-refractivity contribution < 1.29 is 4.79 Å². The molecule has 0 aliphatic carbocycles. The van der Waals surface area contributed by atoms with Crippen LogP contribution >= 0.6 is 12.6 Å². The average molecular weight is 280 g/mol. The molecule has 0 heterocycles. The highest BCUT2D eigenvalue weighted by atomic mass is 32.1. The van der Waals surface area contributed by atoms with Crippen molar-refractivity contribution in [2.24, 2.45) is 10.7 Å². The maximum atomic E-state index is 11.6. The monoisotopic (exact) mass is 280 g/mol. The Morgan fingerprint density at radius 1 is 1.42 bits per heavy atom. The third-order valence-electron chi connectivity index (χ3n) is 2.61. The zero-order chi connectivity index (χ0) is 14.4. The van der Waals surface area contributed by atoms with Crippen LogP contribution in [-0.2, 0) is 4.79 Å². The highest BCUT2D eigenvalue weighted by molar-refractivity contribution is 7.80. The number of rotatable bonds is 4. The molecule has 0 fully saturated rings. The van der Waals surface area contributed by atoms with Gasteiger partial charge in [-0.05, 0) is 31.2 Å². The van der Waals surface area contributed by atoms with Crippen molar-refractivity contribution in [2.75, 3.05) is 25.2 Å². The minimum absolute atomic E-state index is 0.240. The second-order valence-electron chi connectivity index (χ2n) is 4.38. The van der Waals surface area contributed by atoms with Gasteiger partial charge in [-0.3, -0.25) is 4.79 Å². The first kappa shape index (κ1) is 15.5. The summed E-state index contributed by atoms with van der Waals surface area (Å²) < 4.78 is 0. The lowest BCUT2D eigenvalue weighted by molar-refractivity contribution is -0.116. The molecule has 3 N–H and O–H groups in total. The summed E-state index contributed by atoms with van der Waals surface area (Å²) >= 11 is 3.99. The van der Waals surface area contributed by atoms with Crippen molar-refractivity contribution in [2.45, 2.75) is 13.0 Å². The van der Waals surface area contributed by atoms with E-state index < -0.39 is 6.04 Å². The second-order valence-corrected chi connectivity index (χ2v) is 4.74. The van der Waals surface area contributed by atoms with E-state index in [1.807, 2.05) is 38.1 Å². The maximum absolute atomic E-state index is 11.6. The number of anilines is 1. The largest absolute Gasteiger partial charge is 0.366 e. The average Bonchev–Trinajstić information content (AvgIpc) is 2.39. The summed E-state index contributed by atoms with van der Waals surface area (Å²) in [5, 5.41) is 2.72. The summed E-state index contributed by atoms with van der Waals surface area (Å²) in [4.78, 5) is 17.9. The number of nitrogens with zero attached hydrogens (tertiary/aromatic N) is 2. The molecule has 0 aliphatic heterocycles. The Morgan fingerprint density at radius 3 is 2.47 bits per heavy atom. The van der Waals surface area contributed by atoms with Crippen LogP contribution in [0.2, 0.25) is 0 Å². The number of hydrogen-bond donors (Lipinski definition) is 3. The van der Waals surface area contributed by atoms with Gasteiger partial charge in [0.05, 0.1) is 11.7 Å². The highest BCUT2D eigenvalue weighted by Crippen LogP contribution is 2.17. The van der Waals surface area contributed by atoms with Crippen LogP contribution in [0.4, 0.5) is 11.4 Å². The lowest BCUT2D eigenvalue weighted by atomic mass is 10.2. The van der Waals surface area contributed by atoms with E-state index in [1.165, 1.54) is 0 Å². The predicted molar refractivity (Wildman–Crippen MR) is 83.4 cm³/mol. The van der Waals surface area contributed by atoms with Crippen molar-refractivity contribution in [1.82, 2.24) is 4.90 Å². The SMILES string of the molecule is CC(=Nc1ccc(NC(=O)[C@H](N)CS)cc1)N(C)C. The fraction of sp³-hybridized carbons (Fsp3) is 0.385. The summed E-state index contributed by atoms with van der Waals surface area (Å²) in [6, 6.07) is 6.68. The van der Waals surface area contributed by atoms with Gasteiger partial charge in [0.1, 0.15) is 5.84 Å². The molecule has 5 nitrogen and oxygen atoms in total. The van der Waals surface area contributed by atoms with E-state index in [0.29, 0.717) is 11.4 Å². The van der Waals surface area contributed by atoms with Gasteiger partial charge in [-0.2, -0.15) is 12.6 Å². The standard InChI is InChI=1S/C13H20N4OS/c1-9(17(2)3)15-10-4-6-11(7-5-10)16-13(18)12(14)8-19/h4-7,12,19H,8,14H2,1-3H3,(H,16,18)/t12-/m1/s1. The normalized spacial score (nSPS) is 13.0. The lowest BCUT2D eigenvalue weighted by Crippen LogP contribution is -2.37. The van der Waals surface area contributed by atoms with Gasteiger partial charge in [-0.1, -0.05) is 0 Å². The van der Waals surface area contributed by atoms with Gasteiger partial charge in [-0.15, -0.1) is 0 Å². The van der Waals surface area contributed by atoms with Gasteiger partial charge >= 0.3 is 0 Å². The van der Waals surface area contributed by atoms with Gasteiger partial charge in [0.2, 0.25) is 5.91 Å². The van der Waals surface area contributed by atoms with E-state index in [0.717, 1.165) is 11.5 Å². The summed E-state index contributed by atoms with van der Waals surface area (Å²) in [6.07, 6.45) is 0. The van der Waals surface area contributed by atoms with Gasteiger partial charge in [-0.25, -0.2) is 4.99 Å². The summed E-state index contributed by atoms with van der Waals surface area (Å²) in [5.41, 5.74) is 7.11. The van der Waals surface area contributed by atoms with Crippen molar-refractivity contribution in [3.63, 3.8) is 0 Å². The minimum Gasteiger partial charge on any atom is -0.366 e. The summed E-state index contributed by atoms with van der Waals surface area (Å²) in [5.74, 6) is 0.987. The van der Waals surface area contributed by atoms with E-state index >= 15 is 0 Å². The minimum atomic E-state index is -0.600. The van der Waals surface area contributed by atoms with Crippen molar-refractivity contribution in [1.29, 1.82) is 0 Å². The fourth-order valence-electron chi connectivity index (χ4n) is 1.22. The number of carbonyl (C=O) groups is 1. The van der Waals surface area contributed by atoms with E-state index in [4.69, 9.17) is 5.73 Å². The van der Waals surface area contributed by atoms with Crippen LogP contribution in [-0.4, -0.2) is 42.5 Å². The molecule has 1 aromatic rings. The Balaban J connectivity index is 2.72. The van der Waals surface area contributed by atoms with Crippen LogP contribution in [0.3, 0.4) is 0 Å². The molecule has 104 valence electrons. The Labute approximate surface area is 119 Å². The van der Waals surface area contributed by atoms with Gasteiger partial charge in [0.15, 0.2) is 0 Å². The number of hydrogen-bond acceptors (Lipinski definition) is 4. The van der Waals surface area contributed by atoms with Crippen LogP contribution in [0.5, 0.6) is 0 Å². The fourth-order valence-corrected chi connectivity index (χ4v) is 1.39. The Bertz CT molecular complexity index is 456. The molecule has 1 amide bonds. The lowest BCUT2D eigenvalue weighted by Gasteiger charge is -2.12. The predicted octanol–water partition coefficient (Wildman–Crippen LogP) is 1.49. The van der Waals surface area contributed by atoms with Gasteiger partial charge < -0.3 is 16.0 Å². The number of amidine groups is 1. The smallest absolute Gasteiger partial charge is 0.242 e. The molecule has 0 bridgehead atoms. The molecule has 6 heteroatoms. The first-order chi connectivity index (χ1) is 8.93. The Kier molecular flexibility index (Phi) is 5.85. The molecule has 0 saturated heterocycles. The van der Waals surface area contributed by atoms with E-state index in [2.05, 4.69) is 22.9 Å². The first-order valence-corrected chi connectivity index (χ1v) is 6.57. The van der Waals surface area contributed by atoms with Crippen molar-refractivity contribution >= 4 is 35.7 Å². The van der Waals surface area contributed by atoms with Crippen molar-refractivity contribution in [3.8, 4) is 0 Å². The molecular formula is C13H20N4OS. The molecule has 0 spiro atoms. The molecule has 0 saturated carbocycles. The topological polar surface area (TPSA) is 70.7 Å². The number of nitrogens with one attached hydrogen (secondary N) is 1. The zero-order valence-corrected chi connectivity index (χ0v) is 12.3. The van der Waals surface area contributed by atoms with E-state index in [9.17, 15) is 4.79 Å². The van der Waals surface area contributed by atoms with Crippen molar-refractivity contribution in [3.05, 3.63) is 24.3 Å². The van der Waals surface area contributed by atoms with Crippen LogP contribution < -0.4 is 11.1 Å². The first-order valence-electron chi connectivity index (χ1n) is 5.94. The molecule has 19 heavy (non-hydrogen) atoms. The number of nitrogens with two attached hydrogens (primary N) is 1. The highest BCUT2D eigenvalue weighted by Gasteiger charge is 2.10. The van der Waals surface area contributed by atoms with Crippen LogP contribution in [0.25, 0.3) is 0 Å². The number of amides is 1. The number of benzene rings is 1. The van der Waals surface area contributed by atoms with E-state index in [1.54, 1.807) is 12.1 Å². The quantitative estimate of drug-likeness (QED) is 0.444. The second kappa shape index (κ2) is 7.16. The molecule has 0 aromatic heterocycles. The summed E-state index contributed by atoms with van der Waals surface area (Å²) in [7, 11) is 3.87. The molecule has 1 atom stereocenters. The van der Waals surface area contributed by atoms with Crippen LogP contribution in [0, 0.1) is 0 Å². The molecule has 0 aliphatic rings.